The molecule has 0 aliphatic heterocycles. The molecule has 4 rings (SSSR count). The van der Waals surface area contributed by atoms with Crippen LogP contribution >= 0.6 is 0 Å². The first kappa shape index (κ1) is 27.1. The highest BCUT2D eigenvalue weighted by Crippen LogP contribution is 2.35. The Kier molecular flexibility index (Phi) is 8.62. The van der Waals surface area contributed by atoms with Gasteiger partial charge in [-0.15, -0.1) is 0 Å². The summed E-state index contributed by atoms with van der Waals surface area (Å²) >= 11 is 0. The van der Waals surface area contributed by atoms with Gasteiger partial charge in [-0.05, 0) is 47.9 Å². The largest absolute Gasteiger partial charge is 0.497 e. The van der Waals surface area contributed by atoms with Gasteiger partial charge in [-0.25, -0.2) is 0 Å². The molecule has 0 radical (unpaired) electrons. The van der Waals surface area contributed by atoms with Crippen LogP contribution in [0, 0.1) is 10.8 Å². The van der Waals surface area contributed by atoms with Crippen LogP contribution in [0.3, 0.4) is 0 Å². The number of anilines is 2. The highest BCUT2D eigenvalue weighted by Gasteiger charge is 2.28. The first-order chi connectivity index (χ1) is 17.0. The summed E-state index contributed by atoms with van der Waals surface area (Å²) in [6.07, 6.45) is 6.44. The van der Waals surface area contributed by atoms with Crippen LogP contribution in [0.25, 0.3) is 0 Å². The molecular weight excluding hydrogens is 452 g/mol. The van der Waals surface area contributed by atoms with E-state index in [0.717, 1.165) is 47.1 Å². The van der Waals surface area contributed by atoms with E-state index in [1.807, 2.05) is 48.5 Å². The summed E-state index contributed by atoms with van der Waals surface area (Å²) in [6.45, 7) is 8.46. The summed E-state index contributed by atoms with van der Waals surface area (Å²) in [5.74, 6) is 2.00. The third-order valence-corrected chi connectivity index (χ3v) is 6.06. The predicted octanol–water partition coefficient (Wildman–Crippen LogP) is 6.76. The average Bonchev–Trinajstić information content (AvgIpc) is 2.77. The normalized spacial score (nSPS) is 18.2. The van der Waals surface area contributed by atoms with Gasteiger partial charge in [0.1, 0.15) is 11.5 Å². The molecule has 0 unspecified atom stereocenters. The molecule has 2 aliphatic carbocycles. The molecule has 2 aromatic rings. The minimum atomic E-state index is 0.0348. The second-order valence-corrected chi connectivity index (χ2v) is 11.0. The van der Waals surface area contributed by atoms with E-state index < -0.39 is 0 Å². The fraction of sp³-hybridized carbons (Fsp3) is 0.400. The van der Waals surface area contributed by atoms with E-state index >= 15 is 0 Å². The van der Waals surface area contributed by atoms with Gasteiger partial charge in [-0.2, -0.15) is 0 Å². The second-order valence-electron chi connectivity index (χ2n) is 11.0. The Balaban J connectivity index is 0.000000201. The number of hydrogen-bond donors (Lipinski definition) is 2. The Labute approximate surface area is 214 Å². The van der Waals surface area contributed by atoms with E-state index in [4.69, 9.17) is 9.47 Å². The number of rotatable bonds is 6. The number of allylic oxidation sites excluding steroid dienone is 4. The molecule has 0 atom stereocenters. The topological polar surface area (TPSA) is 76.7 Å². The van der Waals surface area contributed by atoms with Crippen molar-refractivity contribution in [2.24, 2.45) is 10.8 Å². The van der Waals surface area contributed by atoms with Crippen molar-refractivity contribution in [3.63, 3.8) is 0 Å². The summed E-state index contributed by atoms with van der Waals surface area (Å²) in [4.78, 5) is 23.3. The lowest BCUT2D eigenvalue weighted by Crippen LogP contribution is -2.24. The van der Waals surface area contributed by atoms with Crippen molar-refractivity contribution in [1.82, 2.24) is 0 Å². The van der Waals surface area contributed by atoms with Crippen molar-refractivity contribution in [3.8, 4) is 11.5 Å². The number of nitrogens with one attached hydrogen (secondary N) is 2. The van der Waals surface area contributed by atoms with Crippen LogP contribution in [0.2, 0.25) is 0 Å². The van der Waals surface area contributed by atoms with Gasteiger partial charge in [0.15, 0.2) is 11.6 Å². The third-order valence-electron chi connectivity index (χ3n) is 6.06. The Bertz CT molecular complexity index is 1070. The molecular formula is C30H38N2O4. The monoisotopic (exact) mass is 490 g/mol. The number of methoxy groups -OCH3 is 2. The molecule has 0 amide bonds. The molecule has 6 nitrogen and oxygen atoms in total. The zero-order chi connectivity index (χ0) is 26.3. The maximum atomic E-state index is 11.7. The Morgan fingerprint density at radius 1 is 0.639 bits per heavy atom. The van der Waals surface area contributed by atoms with Crippen LogP contribution in [0.5, 0.6) is 11.5 Å². The molecule has 36 heavy (non-hydrogen) atoms. The summed E-state index contributed by atoms with van der Waals surface area (Å²) in [7, 11) is 3.29. The van der Waals surface area contributed by atoms with Crippen molar-refractivity contribution in [2.75, 3.05) is 24.9 Å². The van der Waals surface area contributed by atoms with E-state index in [0.29, 0.717) is 12.8 Å². The minimum absolute atomic E-state index is 0.0348. The van der Waals surface area contributed by atoms with Crippen LogP contribution < -0.4 is 20.1 Å². The standard InChI is InChI=1S/2C15H19NO2/c2*1-15(2)9-12(7-13(17)10-15)16-11-5-4-6-14(8-11)18-3/h2*4-8,16H,9-10H2,1-3H3. The van der Waals surface area contributed by atoms with E-state index in [9.17, 15) is 9.59 Å². The average molecular weight is 491 g/mol. The molecule has 0 fully saturated rings. The Morgan fingerprint density at radius 3 is 1.36 bits per heavy atom. The molecule has 2 aliphatic rings. The number of benzene rings is 2. The predicted molar refractivity (Wildman–Crippen MR) is 145 cm³/mol. The number of ketones is 2. The number of hydrogen-bond acceptors (Lipinski definition) is 6. The van der Waals surface area contributed by atoms with Crippen molar-refractivity contribution < 1.29 is 19.1 Å². The quantitative estimate of drug-likeness (QED) is 0.466. The Hall–Kier alpha value is -3.54. The van der Waals surface area contributed by atoms with Crippen LogP contribution in [0.1, 0.15) is 53.4 Å². The molecule has 0 heterocycles. The van der Waals surface area contributed by atoms with Crippen LogP contribution in [0.4, 0.5) is 11.4 Å². The smallest absolute Gasteiger partial charge is 0.157 e. The zero-order valence-corrected chi connectivity index (χ0v) is 22.2. The Morgan fingerprint density at radius 2 is 1.03 bits per heavy atom. The van der Waals surface area contributed by atoms with Crippen molar-refractivity contribution in [1.29, 1.82) is 0 Å². The lowest BCUT2D eigenvalue weighted by atomic mass is 9.79. The van der Waals surface area contributed by atoms with Gasteiger partial charge in [-0.3, -0.25) is 9.59 Å². The van der Waals surface area contributed by atoms with Crippen molar-refractivity contribution in [3.05, 3.63) is 72.1 Å². The van der Waals surface area contributed by atoms with Crippen LogP contribution in [-0.4, -0.2) is 25.8 Å². The van der Waals surface area contributed by atoms with Gasteiger partial charge in [0.2, 0.25) is 0 Å². The summed E-state index contributed by atoms with van der Waals surface area (Å²) < 4.78 is 10.4. The molecule has 0 saturated carbocycles. The third kappa shape index (κ3) is 8.29. The van der Waals surface area contributed by atoms with Crippen molar-refractivity contribution in [2.45, 2.75) is 53.4 Å². The molecule has 192 valence electrons. The molecule has 6 heteroatoms. The molecule has 0 saturated heterocycles. The zero-order valence-electron chi connectivity index (χ0n) is 22.2. The molecule has 0 bridgehead atoms. The summed E-state index contributed by atoms with van der Waals surface area (Å²) in [5.41, 5.74) is 3.92. The van der Waals surface area contributed by atoms with Crippen LogP contribution in [0.15, 0.2) is 72.1 Å². The van der Waals surface area contributed by atoms with E-state index in [1.54, 1.807) is 26.4 Å². The number of carbonyl (C=O) groups is 2. The lowest BCUT2D eigenvalue weighted by molar-refractivity contribution is -0.117. The SMILES string of the molecule is COc1cccc(NC2=CC(=O)CC(C)(C)C2)c1.COc1cccc(NC2=CC(=O)CC(C)(C)C2)c1. The van der Waals surface area contributed by atoms with E-state index in [1.165, 1.54) is 0 Å². The molecule has 2 N–H and O–H groups in total. The number of ether oxygens (including phenoxy) is 2. The van der Waals surface area contributed by atoms with Crippen LogP contribution in [-0.2, 0) is 9.59 Å². The number of carbonyl (C=O) groups excluding carboxylic acids is 2. The molecule has 0 aromatic heterocycles. The maximum Gasteiger partial charge on any atom is 0.157 e. The molecule has 2 aromatic carbocycles. The van der Waals surface area contributed by atoms with Gasteiger partial charge < -0.3 is 20.1 Å². The summed E-state index contributed by atoms with van der Waals surface area (Å²) in [6, 6.07) is 15.4. The summed E-state index contributed by atoms with van der Waals surface area (Å²) in [5, 5.41) is 6.60. The van der Waals surface area contributed by atoms with Gasteiger partial charge in [0.05, 0.1) is 14.2 Å². The van der Waals surface area contributed by atoms with Gasteiger partial charge in [-0.1, -0.05) is 39.8 Å². The first-order valence-corrected chi connectivity index (χ1v) is 12.3. The van der Waals surface area contributed by atoms with E-state index in [-0.39, 0.29) is 22.4 Å². The van der Waals surface area contributed by atoms with E-state index in [2.05, 4.69) is 38.3 Å². The minimum Gasteiger partial charge on any atom is -0.497 e. The fourth-order valence-electron chi connectivity index (χ4n) is 4.63. The highest BCUT2D eigenvalue weighted by atomic mass is 16.5. The second kappa shape index (κ2) is 11.5. The molecule has 0 spiro atoms. The first-order valence-electron chi connectivity index (χ1n) is 12.3. The van der Waals surface area contributed by atoms with Gasteiger partial charge in [0, 0.05) is 59.9 Å². The van der Waals surface area contributed by atoms with Crippen molar-refractivity contribution >= 4 is 22.9 Å². The lowest BCUT2D eigenvalue weighted by Gasteiger charge is -2.29. The van der Waals surface area contributed by atoms with Gasteiger partial charge in [0.25, 0.3) is 0 Å². The maximum absolute atomic E-state index is 11.7. The fourth-order valence-corrected chi connectivity index (χ4v) is 4.63. The highest BCUT2D eigenvalue weighted by molar-refractivity contribution is 5.93. The van der Waals surface area contributed by atoms with Gasteiger partial charge >= 0.3 is 0 Å².